The molecule has 53 heteroatoms. The van der Waals surface area contributed by atoms with Gasteiger partial charge in [0.05, 0.1) is 111 Å². The SMILES string of the molecule is COC(=O)C1=C(C2CCC(C(=O)O)CC2)NC(c2nccs2)=N[C@H]1c1cccc(F)c1Br.COC(=O)C1=C(C2CCN(S(=O)(=O)C3CC(C(=O)O)C3)CC2)NC(c2nccs2)=N[C@@H]1c1cccc(F)c1Br.COC(=O)C1=C(C2CCN(S(=O)(=O)C3CC(C)(C(=O)O)C3)CC2)NC(c2nccs2)=N[C@@H]1c1ccc(F)c(F)c1Cl.COC(=O)C1=C(C2CCN(S(=O)(=O)C[C@@H](O)CO)CC2)NC(c2nccs2)=N[C@@H]1c1ccc(F)cc1Cl. The minimum atomic E-state index is -3.78. The lowest BCUT2D eigenvalue weighted by atomic mass is 9.70. The number of carbonyl (C=O) groups is 7. The zero-order valence-electron chi connectivity index (χ0n) is 79.9. The van der Waals surface area contributed by atoms with Gasteiger partial charge >= 0.3 is 41.8 Å². The number of esters is 4. The third-order valence-corrected chi connectivity index (χ3v) is 39.6. The summed E-state index contributed by atoms with van der Waals surface area (Å²) in [6, 6.07) is 11.4. The van der Waals surface area contributed by atoms with E-state index < -0.39 is 176 Å². The minimum Gasteiger partial charge on any atom is -0.481 e. The average molecular weight is 2370 g/mol. The third-order valence-electron chi connectivity index (χ3n) is 27.6. The zero-order chi connectivity index (χ0) is 107. The van der Waals surface area contributed by atoms with Gasteiger partial charge in [-0.3, -0.25) is 34.4 Å². The summed E-state index contributed by atoms with van der Waals surface area (Å²) in [5, 5.41) is 67.1. The lowest BCUT2D eigenvalue weighted by Crippen LogP contribution is -2.54. The van der Waals surface area contributed by atoms with E-state index in [1.165, 1.54) is 117 Å². The summed E-state index contributed by atoms with van der Waals surface area (Å²) in [5.41, 5.74) is 3.28. The summed E-state index contributed by atoms with van der Waals surface area (Å²) in [5.74, 6) is -10.2. The summed E-state index contributed by atoms with van der Waals surface area (Å²) < 4.78 is 174. The van der Waals surface area contributed by atoms with Crippen LogP contribution >= 0.6 is 100 Å². The van der Waals surface area contributed by atoms with Crippen LogP contribution in [0.15, 0.2) is 187 Å². The Labute approximate surface area is 894 Å². The number of aromatic nitrogens is 4. The number of allylic oxidation sites excluding steroid dienone is 4. The molecule has 4 aromatic carbocycles. The number of nitrogens with zero attached hydrogens (tertiary/aromatic N) is 11. The Morgan fingerprint density at radius 2 is 0.805 bits per heavy atom. The van der Waals surface area contributed by atoms with Crippen LogP contribution < -0.4 is 21.3 Å². The fourth-order valence-electron chi connectivity index (χ4n) is 19.5. The van der Waals surface area contributed by atoms with E-state index in [4.69, 9.17) is 67.3 Å². The molecule has 0 radical (unpaired) electrons. The number of hydrogen-bond acceptors (Lipinski definition) is 35. The molecule has 0 amide bonds. The van der Waals surface area contributed by atoms with Gasteiger partial charge < -0.3 is 65.7 Å². The Balaban J connectivity index is 0.000000149. The summed E-state index contributed by atoms with van der Waals surface area (Å²) >= 11 is 24.6. The fraction of sp³-hybridized carbons (Fsp3) is 0.427. The Morgan fingerprint density at radius 1 is 0.463 bits per heavy atom. The van der Waals surface area contributed by atoms with E-state index in [-0.39, 0.29) is 125 Å². The van der Waals surface area contributed by atoms with Crippen molar-refractivity contribution in [2.24, 2.45) is 60.9 Å². The molecule has 0 spiro atoms. The van der Waals surface area contributed by atoms with Crippen LogP contribution in [-0.2, 0) is 82.6 Å². The van der Waals surface area contributed by atoms with Gasteiger partial charge in [0.2, 0.25) is 30.1 Å². The van der Waals surface area contributed by atoms with Crippen molar-refractivity contribution >= 4 is 196 Å². The molecule has 4 aromatic heterocycles. The predicted molar refractivity (Wildman–Crippen MR) is 549 cm³/mol. The van der Waals surface area contributed by atoms with E-state index in [0.29, 0.717) is 153 Å². The number of halogens is 9. The molecule has 3 aliphatic carbocycles. The topological polar surface area (TPSA) is 519 Å². The first-order chi connectivity index (χ1) is 71.0. The molecule has 796 valence electrons. The fourth-order valence-corrected chi connectivity index (χ4v) is 29.3. The smallest absolute Gasteiger partial charge is 0.338 e. The summed E-state index contributed by atoms with van der Waals surface area (Å²) in [4.78, 5) is 122. The molecule has 10 aliphatic rings. The number of thiazole rings is 4. The first kappa shape index (κ1) is 112. The van der Waals surface area contributed by atoms with Crippen molar-refractivity contribution in [1.82, 2.24) is 54.1 Å². The van der Waals surface area contributed by atoms with Crippen LogP contribution in [0.5, 0.6) is 0 Å². The highest BCUT2D eigenvalue weighted by molar-refractivity contribution is 9.10. The second-order valence-corrected chi connectivity index (χ2v) is 48.9. The molecule has 3 saturated heterocycles. The van der Waals surface area contributed by atoms with Gasteiger partial charge in [0.15, 0.2) is 55.0 Å². The maximum absolute atomic E-state index is 14.5. The van der Waals surface area contributed by atoms with Crippen molar-refractivity contribution in [3.8, 4) is 0 Å². The van der Waals surface area contributed by atoms with E-state index >= 15 is 0 Å². The molecule has 149 heavy (non-hydrogen) atoms. The van der Waals surface area contributed by atoms with Crippen LogP contribution in [0.1, 0.15) is 163 Å². The lowest BCUT2D eigenvalue weighted by molar-refractivity contribution is -0.152. The molecule has 37 nitrogen and oxygen atoms in total. The number of piperidine rings is 3. The van der Waals surface area contributed by atoms with Crippen LogP contribution in [0.4, 0.5) is 22.0 Å². The maximum atomic E-state index is 14.5. The van der Waals surface area contributed by atoms with Crippen molar-refractivity contribution in [2.75, 3.05) is 80.1 Å². The van der Waals surface area contributed by atoms with E-state index in [2.05, 4.69) is 78.1 Å². The number of nitrogens with one attached hydrogen (secondary N) is 4. The quantitative estimate of drug-likeness (QED) is 0.00999. The monoisotopic (exact) mass is 2360 g/mol. The highest BCUT2D eigenvalue weighted by atomic mass is 79.9. The second kappa shape index (κ2) is 48.1. The van der Waals surface area contributed by atoms with Gasteiger partial charge in [0.25, 0.3) is 0 Å². The molecule has 8 aromatic rings. The molecule has 18 rings (SSSR count). The first-order valence-electron chi connectivity index (χ1n) is 46.7. The highest BCUT2D eigenvalue weighted by Gasteiger charge is 2.55. The van der Waals surface area contributed by atoms with Crippen LogP contribution in [0.2, 0.25) is 10.0 Å². The van der Waals surface area contributed by atoms with Crippen LogP contribution in [0.25, 0.3) is 0 Å². The van der Waals surface area contributed by atoms with Crippen LogP contribution in [0, 0.1) is 70.0 Å². The Kier molecular flexibility index (Phi) is 36.3. The van der Waals surface area contributed by atoms with E-state index in [9.17, 15) is 96.1 Å². The summed E-state index contributed by atoms with van der Waals surface area (Å²) in [6.45, 7) is 1.92. The normalized spacial score (nSPS) is 23.6. The molecular formula is C96H100Br2Cl2F5N15O22S7. The largest absolute Gasteiger partial charge is 0.481 e. The Morgan fingerprint density at radius 3 is 1.14 bits per heavy atom. The molecule has 3 saturated carbocycles. The van der Waals surface area contributed by atoms with E-state index in [1.807, 2.05) is 5.38 Å². The molecule has 5 atom stereocenters. The number of benzene rings is 4. The highest BCUT2D eigenvalue weighted by Crippen LogP contribution is 2.51. The number of carboxylic acids is 3. The van der Waals surface area contributed by atoms with Crippen molar-refractivity contribution in [3.05, 3.63) is 248 Å². The Hall–Kier alpha value is -10.6. The molecule has 11 heterocycles. The molecule has 0 bridgehead atoms. The molecule has 9 N–H and O–H groups in total. The average Bonchev–Trinajstić information content (AvgIpc) is 1.50. The van der Waals surface area contributed by atoms with Crippen molar-refractivity contribution in [2.45, 2.75) is 138 Å². The number of aliphatic imine (C=N–C) groups is 4. The zero-order valence-corrected chi connectivity index (χ0v) is 90.3. The molecule has 7 aliphatic heterocycles. The summed E-state index contributed by atoms with van der Waals surface area (Å²) in [7, 11) is -6.13. The number of carboxylic acid groups (broad SMARTS) is 3. The van der Waals surface area contributed by atoms with Crippen LogP contribution in [-0.4, -0.2) is 245 Å². The van der Waals surface area contributed by atoms with Gasteiger partial charge in [0, 0.05) is 142 Å². The van der Waals surface area contributed by atoms with Gasteiger partial charge in [-0.2, -0.15) is 0 Å². The first-order valence-corrected chi connectivity index (χ1v) is 57.2. The van der Waals surface area contributed by atoms with Gasteiger partial charge in [-0.25, -0.2) is 99.2 Å². The number of ether oxygens (including phenoxy) is 4. The minimum absolute atomic E-state index is 0.0497. The molecular weight excluding hydrogens is 2270 g/mol. The Bertz CT molecular complexity index is 7060. The van der Waals surface area contributed by atoms with Crippen LogP contribution in [0.3, 0.4) is 0 Å². The lowest BCUT2D eigenvalue weighted by Gasteiger charge is -2.44. The number of rotatable bonds is 27. The van der Waals surface area contributed by atoms with Crippen molar-refractivity contribution < 1.29 is 125 Å². The number of sulfonamides is 3. The standard InChI is InChI=1S/C26H27ClF2N4O6S2.C25H26BrFN4O6S2.C23H26ClFN4O6S2.C22H21BrFN3O4S/c1-26(25(35)36)11-14(12-26)41(37,38)33-8-5-13(6-9-33)20-17(24(34)39-2)21(15-3-4-16(28)19(29)18(15)27)32-22(31-20)23-30-7-10-40-23;1-37-25(34)18-20(13-5-8-31(9-6-13)39(35,36)15-11-14(12-15)24(32)33)29-22(23-28-7-10-38-23)30-21(18)16-3-2-4-17(27)19(16)26;1-35-23(32)18-19(13-4-7-29(8-5-13)37(33,34)12-15(31)11-30)27-21(22-26-6-9-36-22)28-20(18)16-3-2-14(25)10-17(16)24;1-31-22(30)15-17(11-5-7-12(8-6-11)21(28)29)26-19(20-25-9-10-32-20)27-18(15)13-3-2-4-14(24)16(13)23/h3-4,7,10,13-14,21H,5-6,8-9,11-12H2,1-2H3,(H,31,32)(H,35,36);2-4,7,10,13-15,21H,5-6,8-9,11-12H2,1H3,(H,29,30)(H,32,33);2-3,6,9-10,13,15,20,30-31H,4-5,7-8,11-12H2,1H3,(H,27,28);2-4,9-12,18H,5-8H2,1H3,(H,26,27)(H,28,29)/t14?,21-,26?;14?,15?,21-;15-,20+;11?,12?,18-/m1100/s1. The number of amidine groups is 4. The number of aliphatic hydroxyl groups is 2. The van der Waals surface area contributed by atoms with E-state index in [1.54, 1.807) is 72.1 Å². The number of aliphatic hydroxyl groups excluding tert-OH is 2. The third kappa shape index (κ3) is 24.5. The number of carbonyl (C=O) groups excluding carboxylic acids is 4. The van der Waals surface area contributed by atoms with Gasteiger partial charge in [-0.1, -0.05) is 59.6 Å². The number of hydrogen-bond donors (Lipinski definition) is 9. The predicted octanol–water partition coefficient (Wildman–Crippen LogP) is 13.7. The number of aliphatic carboxylic acids is 3. The van der Waals surface area contributed by atoms with Crippen molar-refractivity contribution in [1.29, 1.82) is 0 Å². The van der Waals surface area contributed by atoms with Gasteiger partial charge in [-0.05, 0) is 176 Å². The molecule has 0 unspecified atom stereocenters. The van der Waals surface area contributed by atoms with Gasteiger partial charge in [0.1, 0.15) is 41.6 Å². The second-order valence-electron chi connectivity index (χ2n) is 36.5. The van der Waals surface area contributed by atoms with E-state index in [0.717, 1.165) is 12.1 Å². The van der Waals surface area contributed by atoms with Crippen molar-refractivity contribution in [3.63, 3.8) is 0 Å². The van der Waals surface area contributed by atoms with Gasteiger partial charge in [-0.15, -0.1) is 45.3 Å². The maximum Gasteiger partial charge on any atom is 0.338 e. The summed E-state index contributed by atoms with van der Waals surface area (Å²) in [6.07, 6.45) is 9.90. The number of methoxy groups -OCH3 is 4. The molecule has 6 fully saturated rings.